The minimum Gasteiger partial charge on any atom is -0.480 e. The summed E-state index contributed by atoms with van der Waals surface area (Å²) in [7, 11) is 0. The molecule has 1 aliphatic heterocycles. The van der Waals surface area contributed by atoms with Crippen LogP contribution in [0.15, 0.2) is 0 Å². The molecule has 0 aromatic carbocycles. The summed E-state index contributed by atoms with van der Waals surface area (Å²) in [6.07, 6.45) is 4.85. The van der Waals surface area contributed by atoms with Crippen LogP contribution in [0, 0.1) is 0 Å². The summed E-state index contributed by atoms with van der Waals surface area (Å²) in [4.78, 5) is 24.1. The maximum absolute atomic E-state index is 11.9. The fourth-order valence-electron chi connectivity index (χ4n) is 3.66. The summed E-state index contributed by atoms with van der Waals surface area (Å²) in [6, 6.07) is -0.436. The molecule has 1 aromatic heterocycles. The fourth-order valence-corrected chi connectivity index (χ4v) is 6.26. The molecule has 1 amide bonds. The summed E-state index contributed by atoms with van der Waals surface area (Å²) < 4.78 is 5.74. The van der Waals surface area contributed by atoms with Gasteiger partial charge in [-0.25, -0.2) is 0 Å². The number of aliphatic carboxylic acids is 1. The number of thiophene rings is 1. The summed E-state index contributed by atoms with van der Waals surface area (Å²) in [6.45, 7) is 3.68. The maximum Gasteiger partial charge on any atom is 0.320 e. The van der Waals surface area contributed by atoms with E-state index in [4.69, 9.17) is 15.6 Å². The number of carbonyl (C=O) groups excluding carboxylic acids is 1. The molecule has 5 N–H and O–H groups in total. The number of nitrogens with two attached hydrogens (primary N) is 1. The minimum absolute atomic E-state index is 0.262. The van der Waals surface area contributed by atoms with Crippen LogP contribution in [0.5, 0.6) is 0 Å². The van der Waals surface area contributed by atoms with E-state index in [1.54, 1.807) is 23.1 Å². The van der Waals surface area contributed by atoms with Crippen molar-refractivity contribution in [1.29, 1.82) is 0 Å². The number of primary amides is 1. The topological polar surface area (TPSA) is 114 Å². The van der Waals surface area contributed by atoms with E-state index in [0.29, 0.717) is 37.1 Å². The van der Waals surface area contributed by atoms with Gasteiger partial charge in [0.05, 0.1) is 12.2 Å². The highest BCUT2D eigenvalue weighted by Gasteiger charge is 2.30. The van der Waals surface area contributed by atoms with Crippen LogP contribution in [0.25, 0.3) is 0 Å². The monoisotopic (exact) mass is 413 g/mol. The second-order valence-corrected chi connectivity index (χ2v) is 9.92. The Morgan fingerprint density at radius 1 is 1.44 bits per heavy atom. The number of anilines is 1. The number of carbonyl (C=O) groups is 2. The smallest absolute Gasteiger partial charge is 0.320 e. The Bertz CT molecular complexity index is 694. The normalized spacial score (nSPS) is 23.0. The van der Waals surface area contributed by atoms with Crippen molar-refractivity contribution in [3.63, 3.8) is 0 Å². The number of rotatable bonds is 9. The second kappa shape index (κ2) is 9.27. The standard InChI is InChI=1S/C18H27N3O4S2/c1-10(26-11-6-13(18(23)24)20-7-11)8-25-9-21-17-15(16(19)22)12-4-2-3-5-14(12)27-17/h10-11,13,20-21H,2-9H2,1H3,(H2,19,22)(H,23,24). The molecule has 9 heteroatoms. The van der Waals surface area contributed by atoms with Gasteiger partial charge in [0.2, 0.25) is 0 Å². The summed E-state index contributed by atoms with van der Waals surface area (Å²) >= 11 is 3.37. The number of aryl methyl sites for hydroxylation is 1. The van der Waals surface area contributed by atoms with E-state index in [-0.39, 0.29) is 11.2 Å². The van der Waals surface area contributed by atoms with Crippen molar-refractivity contribution in [2.24, 2.45) is 5.73 Å². The van der Waals surface area contributed by atoms with Gasteiger partial charge in [-0.3, -0.25) is 9.59 Å². The first-order chi connectivity index (χ1) is 13.0. The molecule has 1 aliphatic carbocycles. The van der Waals surface area contributed by atoms with E-state index < -0.39 is 12.0 Å². The number of thioether (sulfide) groups is 1. The Morgan fingerprint density at radius 2 is 2.22 bits per heavy atom. The summed E-state index contributed by atoms with van der Waals surface area (Å²) in [5.41, 5.74) is 7.35. The van der Waals surface area contributed by atoms with Gasteiger partial charge < -0.3 is 26.2 Å². The summed E-state index contributed by atoms with van der Waals surface area (Å²) in [5, 5.41) is 16.7. The molecule has 3 atom stereocenters. The van der Waals surface area contributed by atoms with E-state index in [1.165, 1.54) is 4.88 Å². The largest absolute Gasteiger partial charge is 0.480 e. The Hall–Kier alpha value is -1.29. The second-order valence-electron chi connectivity index (χ2n) is 7.07. The molecule has 27 heavy (non-hydrogen) atoms. The first-order valence-electron chi connectivity index (χ1n) is 9.33. The highest BCUT2D eigenvalue weighted by molar-refractivity contribution is 8.00. The van der Waals surface area contributed by atoms with Gasteiger partial charge in [-0.1, -0.05) is 6.92 Å². The van der Waals surface area contributed by atoms with Crippen molar-refractivity contribution in [2.75, 3.05) is 25.2 Å². The van der Waals surface area contributed by atoms with Crippen molar-refractivity contribution >= 4 is 40.0 Å². The van der Waals surface area contributed by atoms with Gasteiger partial charge in [-0.15, -0.1) is 11.3 Å². The Labute approximate surface area is 167 Å². The molecular weight excluding hydrogens is 386 g/mol. The number of carboxylic acid groups (broad SMARTS) is 1. The zero-order valence-corrected chi connectivity index (χ0v) is 17.1. The Kier molecular flexibility index (Phi) is 7.02. The number of carboxylic acids is 1. The fraction of sp³-hybridized carbons (Fsp3) is 0.667. The predicted octanol–water partition coefficient (Wildman–Crippen LogP) is 2.05. The van der Waals surface area contributed by atoms with Crippen LogP contribution in [0.3, 0.4) is 0 Å². The van der Waals surface area contributed by atoms with E-state index in [1.807, 2.05) is 0 Å². The quantitative estimate of drug-likeness (QED) is 0.362. The Morgan fingerprint density at radius 3 is 2.93 bits per heavy atom. The number of amides is 1. The van der Waals surface area contributed by atoms with Gasteiger partial charge in [-0.2, -0.15) is 11.8 Å². The van der Waals surface area contributed by atoms with Crippen molar-refractivity contribution < 1.29 is 19.4 Å². The van der Waals surface area contributed by atoms with Gasteiger partial charge in [0.1, 0.15) is 17.8 Å². The van der Waals surface area contributed by atoms with Gasteiger partial charge in [0.15, 0.2) is 0 Å². The van der Waals surface area contributed by atoms with Crippen molar-refractivity contribution in [2.45, 2.75) is 55.6 Å². The molecule has 1 fully saturated rings. The van der Waals surface area contributed by atoms with E-state index in [2.05, 4.69) is 17.6 Å². The molecule has 2 aliphatic rings. The van der Waals surface area contributed by atoms with Crippen LogP contribution < -0.4 is 16.4 Å². The molecule has 150 valence electrons. The number of hydrogen-bond donors (Lipinski definition) is 4. The average molecular weight is 414 g/mol. The van der Waals surface area contributed by atoms with Crippen LogP contribution in [0.4, 0.5) is 5.00 Å². The molecule has 7 nitrogen and oxygen atoms in total. The van der Waals surface area contributed by atoms with Gasteiger partial charge in [-0.05, 0) is 37.7 Å². The molecule has 0 radical (unpaired) electrons. The number of nitrogens with one attached hydrogen (secondary N) is 2. The Balaban J connectivity index is 1.43. The molecule has 3 unspecified atom stereocenters. The third-order valence-corrected chi connectivity index (χ3v) is 7.51. The van der Waals surface area contributed by atoms with Crippen molar-refractivity contribution in [3.05, 3.63) is 16.0 Å². The van der Waals surface area contributed by atoms with Gasteiger partial charge in [0.25, 0.3) is 5.91 Å². The third-order valence-electron chi connectivity index (χ3n) is 4.92. The molecule has 2 heterocycles. The highest BCUT2D eigenvalue weighted by Crippen LogP contribution is 2.37. The molecule has 0 spiro atoms. The number of ether oxygens (including phenoxy) is 1. The lowest BCUT2D eigenvalue weighted by molar-refractivity contribution is -0.139. The van der Waals surface area contributed by atoms with Crippen molar-refractivity contribution in [3.8, 4) is 0 Å². The minimum atomic E-state index is -0.782. The maximum atomic E-state index is 11.9. The van der Waals surface area contributed by atoms with Gasteiger partial charge >= 0.3 is 5.97 Å². The zero-order chi connectivity index (χ0) is 19.4. The number of fused-ring (bicyclic) bond motifs is 1. The van der Waals surface area contributed by atoms with E-state index in [0.717, 1.165) is 36.2 Å². The first kappa shape index (κ1) is 20.4. The molecule has 1 aromatic rings. The van der Waals surface area contributed by atoms with Crippen LogP contribution in [-0.4, -0.2) is 53.4 Å². The van der Waals surface area contributed by atoms with Crippen LogP contribution in [0.1, 0.15) is 47.0 Å². The van der Waals surface area contributed by atoms with Crippen LogP contribution in [-0.2, 0) is 22.4 Å². The van der Waals surface area contributed by atoms with E-state index in [9.17, 15) is 9.59 Å². The third kappa shape index (κ3) is 5.16. The lowest BCUT2D eigenvalue weighted by Crippen LogP contribution is -2.29. The van der Waals surface area contributed by atoms with E-state index >= 15 is 0 Å². The van der Waals surface area contributed by atoms with Crippen molar-refractivity contribution in [1.82, 2.24) is 5.32 Å². The molecule has 0 bridgehead atoms. The number of hydrogen-bond acceptors (Lipinski definition) is 7. The lowest BCUT2D eigenvalue weighted by atomic mass is 9.95. The zero-order valence-electron chi connectivity index (χ0n) is 15.5. The molecule has 0 saturated carbocycles. The molecule has 3 rings (SSSR count). The highest BCUT2D eigenvalue weighted by atomic mass is 32.2. The van der Waals surface area contributed by atoms with Crippen LogP contribution >= 0.6 is 23.1 Å². The lowest BCUT2D eigenvalue weighted by Gasteiger charge is -2.16. The molecule has 1 saturated heterocycles. The first-order valence-corrected chi connectivity index (χ1v) is 11.1. The molecular formula is C18H27N3O4S2. The van der Waals surface area contributed by atoms with Crippen LogP contribution in [0.2, 0.25) is 0 Å². The predicted molar refractivity (Wildman–Crippen MR) is 109 cm³/mol. The van der Waals surface area contributed by atoms with Gasteiger partial charge in [0, 0.05) is 21.9 Å². The average Bonchev–Trinajstić information content (AvgIpc) is 3.22. The SMILES string of the molecule is CC(COCNc1sc2c(c1C(N)=O)CCCC2)SC1CNC(C(=O)O)C1. The summed E-state index contributed by atoms with van der Waals surface area (Å²) in [5.74, 6) is -1.15.